The van der Waals surface area contributed by atoms with Crippen molar-refractivity contribution in [1.82, 2.24) is 5.32 Å². The van der Waals surface area contributed by atoms with Crippen LogP contribution in [0.4, 0.5) is 0 Å². The molecule has 2 aliphatic heterocycles. The molecule has 2 saturated heterocycles. The molecule has 0 radical (unpaired) electrons. The first kappa shape index (κ1) is 38.2. The zero-order valence-electron chi connectivity index (χ0n) is 25.4. The van der Waals surface area contributed by atoms with Crippen LogP contribution in [-0.2, 0) is 23.7 Å². The van der Waals surface area contributed by atoms with Crippen molar-refractivity contribution in [2.24, 2.45) is 0 Å². The van der Waals surface area contributed by atoms with Crippen LogP contribution in [0.3, 0.4) is 0 Å². The van der Waals surface area contributed by atoms with Crippen LogP contribution in [0.15, 0.2) is 0 Å². The Balaban J connectivity index is 2.03. The number of ether oxygens (including phenoxy) is 4. The Morgan fingerprint density at radius 3 is 1.95 bits per heavy atom. The lowest BCUT2D eigenvalue weighted by Gasteiger charge is -2.46. The van der Waals surface area contributed by atoms with E-state index in [4.69, 9.17) is 18.9 Å². The van der Waals surface area contributed by atoms with Gasteiger partial charge in [-0.05, 0) is 12.8 Å². The Kier molecular flexibility index (Phi) is 17.9. The number of hydrogen-bond donors (Lipinski definition) is 9. The molecule has 2 fully saturated rings. The lowest BCUT2D eigenvalue weighted by atomic mass is 9.97. The van der Waals surface area contributed by atoms with Gasteiger partial charge in [-0.1, -0.05) is 65.2 Å². The smallest absolute Gasteiger partial charge is 0.220 e. The normalized spacial score (nSPS) is 34.6. The van der Waals surface area contributed by atoms with E-state index in [0.29, 0.717) is 19.3 Å². The van der Waals surface area contributed by atoms with E-state index in [1.807, 2.05) is 0 Å². The number of aliphatic hydroxyl groups is 8. The minimum Gasteiger partial charge on any atom is -0.394 e. The molecule has 9 N–H and O–H groups in total. The number of hydrogen-bond acceptors (Lipinski definition) is 13. The third-order valence-corrected chi connectivity index (χ3v) is 8.07. The van der Waals surface area contributed by atoms with Crippen LogP contribution in [0, 0.1) is 0 Å². The van der Waals surface area contributed by atoms with Crippen molar-refractivity contribution in [3.8, 4) is 0 Å². The minimum atomic E-state index is -1.77. The van der Waals surface area contributed by atoms with Crippen molar-refractivity contribution < 1.29 is 64.6 Å². The van der Waals surface area contributed by atoms with Gasteiger partial charge in [-0.15, -0.1) is 0 Å². The fraction of sp³-hybridized carbons (Fsp3) is 0.966. The van der Waals surface area contributed by atoms with Gasteiger partial charge in [0.25, 0.3) is 0 Å². The van der Waals surface area contributed by atoms with E-state index in [1.54, 1.807) is 0 Å². The molecule has 0 aromatic carbocycles. The van der Waals surface area contributed by atoms with Gasteiger partial charge >= 0.3 is 0 Å². The van der Waals surface area contributed by atoms with E-state index in [1.165, 1.54) is 0 Å². The maximum absolute atomic E-state index is 12.6. The molecule has 0 saturated carbocycles. The van der Waals surface area contributed by atoms with Crippen LogP contribution in [0.2, 0.25) is 0 Å². The molecular formula is C29H55NO13. The summed E-state index contributed by atoms with van der Waals surface area (Å²) in [5.41, 5.74) is 0. The molecule has 2 heterocycles. The van der Waals surface area contributed by atoms with Crippen molar-refractivity contribution in [2.45, 2.75) is 158 Å². The van der Waals surface area contributed by atoms with Gasteiger partial charge in [0.15, 0.2) is 12.6 Å². The van der Waals surface area contributed by atoms with Crippen molar-refractivity contribution >= 4 is 5.91 Å². The second-order valence-corrected chi connectivity index (χ2v) is 11.6. The van der Waals surface area contributed by atoms with Crippen LogP contribution in [0.25, 0.3) is 0 Å². The van der Waals surface area contributed by atoms with Crippen LogP contribution < -0.4 is 5.32 Å². The van der Waals surface area contributed by atoms with E-state index in [-0.39, 0.29) is 12.5 Å². The molecule has 0 aromatic heterocycles. The third-order valence-electron chi connectivity index (χ3n) is 8.07. The topological polar surface area (TPSA) is 228 Å². The Bertz CT molecular complexity index is 760. The summed E-state index contributed by atoms with van der Waals surface area (Å²) in [4.78, 5) is 12.6. The molecule has 2 rings (SSSR count). The van der Waals surface area contributed by atoms with Crippen LogP contribution in [0.1, 0.15) is 84.5 Å². The maximum Gasteiger partial charge on any atom is 0.220 e. The SMILES string of the molecule is CCCCCCCC(O)C(COC1OC(CO)C(OC2OC(CO)C(O)C(O)C2O)C(O)C1O)NC(=O)CCCCCC. The molecule has 0 bridgehead atoms. The van der Waals surface area contributed by atoms with E-state index in [9.17, 15) is 45.6 Å². The second-order valence-electron chi connectivity index (χ2n) is 11.6. The standard InChI is InChI=1S/C29H55NO13/c1-3-5-7-9-10-12-18(33)17(30-21(34)13-11-8-6-4-2)16-40-28-26(39)24(37)27(20(15-32)42-28)43-29-25(38)23(36)22(35)19(14-31)41-29/h17-20,22-29,31-33,35-39H,3-16H2,1-2H3,(H,30,34). The summed E-state index contributed by atoms with van der Waals surface area (Å²) in [7, 11) is 0. The molecular weight excluding hydrogens is 570 g/mol. The maximum atomic E-state index is 12.6. The van der Waals surface area contributed by atoms with Gasteiger partial charge < -0.3 is 65.1 Å². The Labute approximate surface area is 253 Å². The van der Waals surface area contributed by atoms with Gasteiger partial charge in [-0.3, -0.25) is 4.79 Å². The summed E-state index contributed by atoms with van der Waals surface area (Å²) in [5, 5.41) is 85.1. The van der Waals surface area contributed by atoms with Gasteiger partial charge in [0.2, 0.25) is 5.91 Å². The highest BCUT2D eigenvalue weighted by Crippen LogP contribution is 2.29. The molecule has 254 valence electrons. The van der Waals surface area contributed by atoms with Gasteiger partial charge in [-0.2, -0.15) is 0 Å². The average molecular weight is 626 g/mol. The molecule has 14 heteroatoms. The number of rotatable bonds is 20. The highest BCUT2D eigenvalue weighted by atomic mass is 16.7. The van der Waals surface area contributed by atoms with Gasteiger partial charge in [0, 0.05) is 6.42 Å². The van der Waals surface area contributed by atoms with E-state index >= 15 is 0 Å². The number of carbonyl (C=O) groups excluding carboxylic acids is 1. The minimum absolute atomic E-state index is 0.235. The van der Waals surface area contributed by atoms with Gasteiger partial charge in [0.05, 0.1) is 32.0 Å². The lowest BCUT2D eigenvalue weighted by molar-refractivity contribution is -0.359. The van der Waals surface area contributed by atoms with Crippen LogP contribution in [0.5, 0.6) is 0 Å². The Hall–Kier alpha value is -1.01. The first-order valence-corrected chi connectivity index (χ1v) is 15.8. The number of carbonyl (C=O) groups is 1. The fourth-order valence-electron chi connectivity index (χ4n) is 5.29. The number of aliphatic hydroxyl groups excluding tert-OH is 8. The zero-order valence-corrected chi connectivity index (χ0v) is 25.4. The van der Waals surface area contributed by atoms with E-state index < -0.39 is 86.8 Å². The fourth-order valence-corrected chi connectivity index (χ4v) is 5.29. The number of unbranched alkanes of at least 4 members (excludes halogenated alkanes) is 7. The van der Waals surface area contributed by atoms with Crippen molar-refractivity contribution in [3.63, 3.8) is 0 Å². The van der Waals surface area contributed by atoms with Crippen molar-refractivity contribution in [3.05, 3.63) is 0 Å². The molecule has 0 aliphatic carbocycles. The molecule has 2 aliphatic rings. The Morgan fingerprint density at radius 2 is 1.33 bits per heavy atom. The second kappa shape index (κ2) is 20.2. The molecule has 43 heavy (non-hydrogen) atoms. The van der Waals surface area contributed by atoms with Crippen LogP contribution in [-0.4, -0.2) is 140 Å². The summed E-state index contributed by atoms with van der Waals surface area (Å²) in [6.07, 6.45) is -7.28. The predicted molar refractivity (Wildman–Crippen MR) is 152 cm³/mol. The first-order valence-electron chi connectivity index (χ1n) is 15.8. The van der Waals surface area contributed by atoms with Crippen LogP contribution >= 0.6 is 0 Å². The number of nitrogens with one attached hydrogen (secondary N) is 1. The molecule has 14 nitrogen and oxygen atoms in total. The predicted octanol–water partition coefficient (Wildman–Crippen LogP) is -1.20. The van der Waals surface area contributed by atoms with E-state index in [0.717, 1.165) is 51.4 Å². The molecule has 12 atom stereocenters. The summed E-state index contributed by atoms with van der Waals surface area (Å²) in [6.45, 7) is 2.54. The summed E-state index contributed by atoms with van der Waals surface area (Å²) < 4.78 is 22.3. The van der Waals surface area contributed by atoms with Gasteiger partial charge in [-0.25, -0.2) is 0 Å². The number of amides is 1. The highest BCUT2D eigenvalue weighted by molar-refractivity contribution is 5.76. The summed E-state index contributed by atoms with van der Waals surface area (Å²) in [6, 6.07) is -0.812. The van der Waals surface area contributed by atoms with Crippen molar-refractivity contribution in [1.29, 1.82) is 0 Å². The molecule has 0 spiro atoms. The van der Waals surface area contributed by atoms with E-state index in [2.05, 4.69) is 19.2 Å². The van der Waals surface area contributed by atoms with Crippen molar-refractivity contribution in [2.75, 3.05) is 19.8 Å². The lowest BCUT2D eigenvalue weighted by Crippen LogP contribution is -2.65. The summed E-state index contributed by atoms with van der Waals surface area (Å²) >= 11 is 0. The average Bonchev–Trinajstić information content (AvgIpc) is 3.00. The van der Waals surface area contributed by atoms with Gasteiger partial charge in [0.1, 0.15) is 48.8 Å². The zero-order chi connectivity index (χ0) is 31.9. The monoisotopic (exact) mass is 625 g/mol. The molecule has 12 unspecified atom stereocenters. The third kappa shape index (κ3) is 11.7. The first-order chi connectivity index (χ1) is 20.6. The molecule has 1 amide bonds. The summed E-state index contributed by atoms with van der Waals surface area (Å²) in [5.74, 6) is -0.235. The highest BCUT2D eigenvalue weighted by Gasteiger charge is 2.50. The molecule has 0 aromatic rings. The Morgan fingerprint density at radius 1 is 0.744 bits per heavy atom. The largest absolute Gasteiger partial charge is 0.394 e. The quantitative estimate of drug-likeness (QED) is 0.0726.